The second-order valence-electron chi connectivity index (χ2n) is 5.47. The SMILES string of the molecule is COc1ccc(C(=O)c2ccc(CC(C)C)cc2)c(F)c1. The Morgan fingerprint density at radius 3 is 2.33 bits per heavy atom. The van der Waals surface area contributed by atoms with Gasteiger partial charge in [-0.1, -0.05) is 38.1 Å². The highest BCUT2D eigenvalue weighted by Crippen LogP contribution is 2.20. The molecule has 0 heterocycles. The van der Waals surface area contributed by atoms with E-state index in [9.17, 15) is 9.18 Å². The molecule has 2 aromatic rings. The highest BCUT2D eigenvalue weighted by molar-refractivity contribution is 6.09. The number of carbonyl (C=O) groups excluding carboxylic acids is 1. The van der Waals surface area contributed by atoms with Gasteiger partial charge in [-0.25, -0.2) is 4.39 Å². The maximum atomic E-state index is 13.9. The Morgan fingerprint density at radius 1 is 1.14 bits per heavy atom. The van der Waals surface area contributed by atoms with Gasteiger partial charge in [-0.15, -0.1) is 0 Å². The first-order valence-electron chi connectivity index (χ1n) is 6.98. The van der Waals surface area contributed by atoms with Crippen molar-refractivity contribution in [3.8, 4) is 5.75 Å². The first-order chi connectivity index (χ1) is 10.0. The standard InChI is InChI=1S/C18H19FO2/c1-12(2)10-13-4-6-14(7-5-13)18(20)16-9-8-15(21-3)11-17(16)19/h4-9,11-12H,10H2,1-3H3. The van der Waals surface area contributed by atoms with Gasteiger partial charge in [0.2, 0.25) is 0 Å². The normalized spacial score (nSPS) is 10.7. The molecule has 2 rings (SSSR count). The van der Waals surface area contributed by atoms with Crippen molar-refractivity contribution in [1.29, 1.82) is 0 Å². The van der Waals surface area contributed by atoms with Crippen molar-refractivity contribution in [2.75, 3.05) is 7.11 Å². The lowest BCUT2D eigenvalue weighted by molar-refractivity contribution is 0.103. The fraction of sp³-hybridized carbons (Fsp3) is 0.278. The summed E-state index contributed by atoms with van der Waals surface area (Å²) < 4.78 is 18.9. The average Bonchev–Trinajstić information content (AvgIpc) is 2.46. The van der Waals surface area contributed by atoms with Crippen molar-refractivity contribution >= 4 is 5.78 Å². The van der Waals surface area contributed by atoms with Crippen LogP contribution < -0.4 is 4.74 Å². The average molecular weight is 286 g/mol. The summed E-state index contributed by atoms with van der Waals surface area (Å²) in [6.07, 6.45) is 0.964. The van der Waals surface area contributed by atoms with Gasteiger partial charge < -0.3 is 4.74 Å². The Balaban J connectivity index is 2.23. The zero-order valence-corrected chi connectivity index (χ0v) is 12.5. The van der Waals surface area contributed by atoms with Crippen LogP contribution in [-0.2, 0) is 6.42 Å². The molecule has 0 aliphatic carbocycles. The quantitative estimate of drug-likeness (QED) is 0.767. The van der Waals surface area contributed by atoms with Crippen LogP contribution in [0.15, 0.2) is 42.5 Å². The van der Waals surface area contributed by atoms with Gasteiger partial charge in [0.05, 0.1) is 12.7 Å². The molecule has 0 aromatic heterocycles. The lowest BCUT2D eigenvalue weighted by atomic mass is 9.98. The molecule has 0 unspecified atom stereocenters. The molecule has 110 valence electrons. The van der Waals surface area contributed by atoms with Gasteiger partial charge in [-0.2, -0.15) is 0 Å². The summed E-state index contributed by atoms with van der Waals surface area (Å²) in [5.74, 6) is 0.0822. The smallest absolute Gasteiger partial charge is 0.195 e. The molecule has 0 aliphatic rings. The van der Waals surface area contributed by atoms with Crippen molar-refractivity contribution in [2.45, 2.75) is 20.3 Å². The van der Waals surface area contributed by atoms with E-state index in [1.807, 2.05) is 12.1 Å². The Kier molecular flexibility index (Phi) is 4.73. The van der Waals surface area contributed by atoms with E-state index >= 15 is 0 Å². The first kappa shape index (κ1) is 15.2. The van der Waals surface area contributed by atoms with Crippen LogP contribution >= 0.6 is 0 Å². The molecule has 2 nitrogen and oxygen atoms in total. The van der Waals surface area contributed by atoms with Crippen LogP contribution in [0, 0.1) is 11.7 Å². The highest BCUT2D eigenvalue weighted by Gasteiger charge is 2.14. The third-order valence-corrected chi connectivity index (χ3v) is 3.28. The molecule has 0 atom stereocenters. The highest BCUT2D eigenvalue weighted by atomic mass is 19.1. The van der Waals surface area contributed by atoms with Gasteiger partial charge >= 0.3 is 0 Å². The zero-order valence-electron chi connectivity index (χ0n) is 12.5. The molecule has 2 aromatic carbocycles. The number of hydrogen-bond donors (Lipinski definition) is 0. The van der Waals surface area contributed by atoms with Crippen molar-refractivity contribution in [1.82, 2.24) is 0 Å². The largest absolute Gasteiger partial charge is 0.497 e. The van der Waals surface area contributed by atoms with E-state index in [0.29, 0.717) is 17.2 Å². The van der Waals surface area contributed by atoms with Gasteiger partial charge in [0.1, 0.15) is 11.6 Å². The number of benzene rings is 2. The Hall–Kier alpha value is -2.16. The van der Waals surface area contributed by atoms with E-state index in [0.717, 1.165) is 6.42 Å². The molecule has 0 N–H and O–H groups in total. The maximum Gasteiger partial charge on any atom is 0.195 e. The molecule has 0 bridgehead atoms. The summed E-state index contributed by atoms with van der Waals surface area (Å²) in [5, 5.41) is 0. The summed E-state index contributed by atoms with van der Waals surface area (Å²) in [6, 6.07) is 11.6. The number of halogens is 1. The predicted molar refractivity (Wildman–Crippen MR) is 81.4 cm³/mol. The van der Waals surface area contributed by atoms with Crippen molar-refractivity contribution in [3.63, 3.8) is 0 Å². The Bertz CT molecular complexity index is 630. The van der Waals surface area contributed by atoms with Gasteiger partial charge in [0.25, 0.3) is 0 Å². The fourth-order valence-electron chi connectivity index (χ4n) is 2.23. The molecule has 0 aliphatic heterocycles. The Labute approximate surface area is 124 Å². The van der Waals surface area contributed by atoms with E-state index in [1.165, 1.54) is 24.8 Å². The monoisotopic (exact) mass is 286 g/mol. The van der Waals surface area contributed by atoms with Crippen LogP contribution in [0.25, 0.3) is 0 Å². The molecule has 0 saturated heterocycles. The van der Waals surface area contributed by atoms with E-state index in [-0.39, 0.29) is 11.3 Å². The van der Waals surface area contributed by atoms with Crippen LogP contribution in [0.2, 0.25) is 0 Å². The molecule has 0 amide bonds. The molecule has 0 radical (unpaired) electrons. The van der Waals surface area contributed by atoms with Crippen LogP contribution in [0.4, 0.5) is 4.39 Å². The molecule has 21 heavy (non-hydrogen) atoms. The minimum atomic E-state index is -0.564. The summed E-state index contributed by atoms with van der Waals surface area (Å²) in [6.45, 7) is 4.29. The number of methoxy groups -OCH3 is 1. The van der Waals surface area contributed by atoms with Crippen LogP contribution in [0.5, 0.6) is 5.75 Å². The third kappa shape index (κ3) is 3.69. The van der Waals surface area contributed by atoms with Crippen molar-refractivity contribution in [2.24, 2.45) is 5.92 Å². The third-order valence-electron chi connectivity index (χ3n) is 3.28. The second-order valence-corrected chi connectivity index (χ2v) is 5.47. The zero-order chi connectivity index (χ0) is 15.4. The summed E-state index contributed by atoms with van der Waals surface area (Å²) >= 11 is 0. The molecular weight excluding hydrogens is 267 g/mol. The Morgan fingerprint density at radius 2 is 1.81 bits per heavy atom. The van der Waals surface area contributed by atoms with E-state index in [1.54, 1.807) is 18.2 Å². The van der Waals surface area contributed by atoms with Crippen LogP contribution in [0.1, 0.15) is 35.3 Å². The lowest BCUT2D eigenvalue weighted by Crippen LogP contribution is -2.05. The molecule has 0 spiro atoms. The van der Waals surface area contributed by atoms with E-state index in [4.69, 9.17) is 4.74 Å². The van der Waals surface area contributed by atoms with Gasteiger partial charge in [0.15, 0.2) is 5.78 Å². The number of hydrogen-bond acceptors (Lipinski definition) is 2. The summed E-state index contributed by atoms with van der Waals surface area (Å²) in [7, 11) is 1.46. The minimum absolute atomic E-state index is 0.0624. The second kappa shape index (κ2) is 6.53. The molecule has 0 saturated carbocycles. The van der Waals surface area contributed by atoms with Crippen molar-refractivity contribution in [3.05, 3.63) is 65.0 Å². The lowest BCUT2D eigenvalue weighted by Gasteiger charge is -2.07. The van der Waals surface area contributed by atoms with E-state index < -0.39 is 5.82 Å². The van der Waals surface area contributed by atoms with Gasteiger partial charge in [0, 0.05) is 11.6 Å². The van der Waals surface area contributed by atoms with Crippen LogP contribution in [-0.4, -0.2) is 12.9 Å². The predicted octanol–water partition coefficient (Wildman–Crippen LogP) is 4.26. The van der Waals surface area contributed by atoms with E-state index in [2.05, 4.69) is 13.8 Å². The molecular formula is C18H19FO2. The van der Waals surface area contributed by atoms with Crippen molar-refractivity contribution < 1.29 is 13.9 Å². The number of rotatable bonds is 5. The number of carbonyl (C=O) groups is 1. The minimum Gasteiger partial charge on any atom is -0.497 e. The molecule has 0 fully saturated rings. The number of ether oxygens (including phenoxy) is 1. The van der Waals surface area contributed by atoms with Gasteiger partial charge in [-0.3, -0.25) is 4.79 Å². The maximum absolute atomic E-state index is 13.9. The summed E-state index contributed by atoms with van der Waals surface area (Å²) in [4.78, 5) is 12.3. The number of ketones is 1. The summed E-state index contributed by atoms with van der Waals surface area (Å²) in [5.41, 5.74) is 1.73. The topological polar surface area (TPSA) is 26.3 Å². The molecule has 3 heteroatoms. The fourth-order valence-corrected chi connectivity index (χ4v) is 2.23. The van der Waals surface area contributed by atoms with Crippen LogP contribution in [0.3, 0.4) is 0 Å². The first-order valence-corrected chi connectivity index (χ1v) is 6.98. The van der Waals surface area contributed by atoms with Gasteiger partial charge in [-0.05, 0) is 30.0 Å².